The van der Waals surface area contributed by atoms with Crippen molar-refractivity contribution in [2.24, 2.45) is 0 Å². The third-order valence-corrected chi connectivity index (χ3v) is 4.22. The Bertz CT molecular complexity index is 539. The van der Waals surface area contributed by atoms with E-state index in [1.807, 2.05) is 36.1 Å². The van der Waals surface area contributed by atoms with Crippen molar-refractivity contribution < 1.29 is 19.2 Å². The highest BCUT2D eigenvalue weighted by Crippen LogP contribution is 2.22. The van der Waals surface area contributed by atoms with Gasteiger partial charge in [-0.25, -0.2) is 0 Å². The number of quaternary nitrogens is 1. The van der Waals surface area contributed by atoms with Gasteiger partial charge >= 0.3 is 0 Å². The molecule has 0 radical (unpaired) electrons. The molecule has 0 aliphatic carbocycles. The molecule has 2 N–H and O–H groups in total. The van der Waals surface area contributed by atoms with Gasteiger partial charge in [0.2, 0.25) is 5.91 Å². The van der Waals surface area contributed by atoms with Gasteiger partial charge in [-0.15, -0.1) is 0 Å². The number of nitrogens with zero attached hydrogens (tertiary/aromatic N) is 1. The van der Waals surface area contributed by atoms with Crippen LogP contribution < -0.4 is 15.0 Å². The smallest absolute Gasteiger partial charge is 0.282 e. The van der Waals surface area contributed by atoms with E-state index in [0.29, 0.717) is 24.5 Å². The van der Waals surface area contributed by atoms with Crippen LogP contribution in [0.1, 0.15) is 13.8 Å². The first-order chi connectivity index (χ1) is 10.5. The summed E-state index contributed by atoms with van der Waals surface area (Å²) in [6.45, 7) is 6.50. The second-order valence-electron chi connectivity index (χ2n) is 5.58. The van der Waals surface area contributed by atoms with E-state index in [1.54, 1.807) is 14.0 Å². The van der Waals surface area contributed by atoms with Crippen LogP contribution in [-0.2, 0) is 9.59 Å². The van der Waals surface area contributed by atoms with Crippen molar-refractivity contribution in [2.75, 3.05) is 38.6 Å². The minimum absolute atomic E-state index is 0.0317. The maximum absolute atomic E-state index is 12.4. The fourth-order valence-corrected chi connectivity index (χ4v) is 2.72. The van der Waals surface area contributed by atoms with Crippen molar-refractivity contribution in [2.45, 2.75) is 19.9 Å². The lowest BCUT2D eigenvalue weighted by Crippen LogP contribution is -3.19. The van der Waals surface area contributed by atoms with E-state index in [4.69, 9.17) is 4.74 Å². The van der Waals surface area contributed by atoms with Crippen LogP contribution in [0.3, 0.4) is 0 Å². The number of anilines is 1. The summed E-state index contributed by atoms with van der Waals surface area (Å²) in [5.74, 6) is 0.723. The average Bonchev–Trinajstić information content (AvgIpc) is 2.54. The number of hydrogen-bond donors (Lipinski definition) is 2. The molecule has 1 saturated heterocycles. The van der Waals surface area contributed by atoms with Crippen LogP contribution in [0.15, 0.2) is 24.3 Å². The molecular weight excluding hydrogens is 282 g/mol. The molecule has 0 saturated carbocycles. The molecule has 1 fully saturated rings. The summed E-state index contributed by atoms with van der Waals surface area (Å²) in [6, 6.07) is 7.20. The SMILES string of the molecule is COc1ccccc1NC(=O)[C@@H](C)[NH+]1CCN(C(C)=O)CC1. The van der Waals surface area contributed by atoms with Crippen molar-refractivity contribution in [3.63, 3.8) is 0 Å². The molecule has 1 aliphatic heterocycles. The average molecular weight is 306 g/mol. The molecule has 1 aromatic carbocycles. The number of para-hydroxylation sites is 2. The molecule has 0 unspecified atom stereocenters. The third kappa shape index (κ3) is 3.76. The quantitative estimate of drug-likeness (QED) is 0.808. The molecule has 0 spiro atoms. The van der Waals surface area contributed by atoms with Gasteiger partial charge in [-0.3, -0.25) is 9.59 Å². The van der Waals surface area contributed by atoms with E-state index in [1.165, 1.54) is 4.90 Å². The van der Waals surface area contributed by atoms with Gasteiger partial charge in [0, 0.05) is 6.92 Å². The van der Waals surface area contributed by atoms with Crippen molar-refractivity contribution in [3.05, 3.63) is 24.3 Å². The van der Waals surface area contributed by atoms with E-state index in [2.05, 4.69) is 5.32 Å². The van der Waals surface area contributed by atoms with Gasteiger partial charge in [0.25, 0.3) is 5.91 Å². The number of benzene rings is 1. The van der Waals surface area contributed by atoms with Crippen LogP contribution in [0.4, 0.5) is 5.69 Å². The molecule has 0 aromatic heterocycles. The second-order valence-corrected chi connectivity index (χ2v) is 5.58. The monoisotopic (exact) mass is 306 g/mol. The van der Waals surface area contributed by atoms with E-state index < -0.39 is 0 Å². The molecular formula is C16H24N3O3+. The molecule has 1 atom stereocenters. The first-order valence-electron chi connectivity index (χ1n) is 7.57. The zero-order chi connectivity index (χ0) is 16.1. The predicted octanol–water partition coefficient (Wildman–Crippen LogP) is -0.231. The standard InChI is InChI=1S/C16H23N3O3/c1-12(18-8-10-19(11-9-18)13(2)20)16(21)17-14-6-4-5-7-15(14)22-3/h4-7,12H,8-11H2,1-3H3,(H,17,21)/p+1/t12-/m1/s1. The summed E-state index contributed by atoms with van der Waals surface area (Å²) in [7, 11) is 1.58. The Hall–Kier alpha value is -2.08. The van der Waals surface area contributed by atoms with Gasteiger partial charge < -0.3 is 19.9 Å². The Kier molecular flexibility index (Phi) is 5.38. The molecule has 6 nitrogen and oxygen atoms in total. The third-order valence-electron chi connectivity index (χ3n) is 4.22. The zero-order valence-corrected chi connectivity index (χ0v) is 13.4. The van der Waals surface area contributed by atoms with E-state index in [-0.39, 0.29) is 17.9 Å². The van der Waals surface area contributed by atoms with Crippen LogP contribution >= 0.6 is 0 Å². The van der Waals surface area contributed by atoms with Crippen molar-refractivity contribution in [1.29, 1.82) is 0 Å². The second kappa shape index (κ2) is 7.26. The number of rotatable bonds is 4. The summed E-state index contributed by atoms with van der Waals surface area (Å²) < 4.78 is 5.25. The van der Waals surface area contributed by atoms with E-state index >= 15 is 0 Å². The molecule has 0 bridgehead atoms. The first kappa shape index (κ1) is 16.3. The van der Waals surface area contributed by atoms with Gasteiger partial charge in [0.1, 0.15) is 5.75 Å². The minimum Gasteiger partial charge on any atom is -0.495 e. The number of hydrogen-bond acceptors (Lipinski definition) is 3. The van der Waals surface area contributed by atoms with Crippen molar-refractivity contribution >= 4 is 17.5 Å². The van der Waals surface area contributed by atoms with Crippen molar-refractivity contribution in [3.8, 4) is 5.75 Å². The number of ether oxygens (including phenoxy) is 1. The van der Waals surface area contributed by atoms with Gasteiger partial charge in [0.05, 0.1) is 39.0 Å². The number of piperazine rings is 1. The van der Waals surface area contributed by atoms with Crippen LogP contribution in [0, 0.1) is 0 Å². The lowest BCUT2D eigenvalue weighted by molar-refractivity contribution is -0.917. The van der Waals surface area contributed by atoms with Crippen LogP contribution in [-0.4, -0.2) is 56.0 Å². The number of methoxy groups -OCH3 is 1. The number of carbonyl (C=O) groups excluding carboxylic acids is 2. The summed E-state index contributed by atoms with van der Waals surface area (Å²) in [6.07, 6.45) is 0. The Morgan fingerprint density at radius 2 is 1.91 bits per heavy atom. The zero-order valence-electron chi connectivity index (χ0n) is 13.4. The molecule has 22 heavy (non-hydrogen) atoms. The first-order valence-corrected chi connectivity index (χ1v) is 7.57. The summed E-state index contributed by atoms with van der Waals surface area (Å²) in [4.78, 5) is 26.8. The fraction of sp³-hybridized carbons (Fsp3) is 0.500. The lowest BCUT2D eigenvalue weighted by Gasteiger charge is -2.34. The van der Waals surface area contributed by atoms with Crippen molar-refractivity contribution in [1.82, 2.24) is 4.90 Å². The molecule has 120 valence electrons. The molecule has 1 aliphatic rings. The van der Waals surface area contributed by atoms with Crippen LogP contribution in [0.2, 0.25) is 0 Å². The normalized spacial score (nSPS) is 17.0. The Morgan fingerprint density at radius 3 is 2.50 bits per heavy atom. The minimum atomic E-state index is -0.168. The summed E-state index contributed by atoms with van der Waals surface area (Å²) in [5, 5.41) is 2.93. The molecule has 1 aromatic rings. The highest BCUT2D eigenvalue weighted by Gasteiger charge is 2.30. The molecule has 2 amide bonds. The van der Waals surface area contributed by atoms with Gasteiger partial charge in [-0.2, -0.15) is 0 Å². The van der Waals surface area contributed by atoms with Crippen LogP contribution in [0.5, 0.6) is 5.75 Å². The van der Waals surface area contributed by atoms with Gasteiger partial charge in [0.15, 0.2) is 6.04 Å². The Labute approximate surface area is 131 Å². The fourth-order valence-electron chi connectivity index (χ4n) is 2.72. The maximum Gasteiger partial charge on any atom is 0.282 e. The number of carbonyl (C=O) groups is 2. The molecule has 6 heteroatoms. The summed E-state index contributed by atoms with van der Waals surface area (Å²) >= 11 is 0. The van der Waals surface area contributed by atoms with Gasteiger partial charge in [-0.1, -0.05) is 12.1 Å². The molecule has 2 rings (SSSR count). The van der Waals surface area contributed by atoms with Gasteiger partial charge in [-0.05, 0) is 19.1 Å². The highest BCUT2D eigenvalue weighted by molar-refractivity contribution is 5.94. The molecule has 1 heterocycles. The largest absolute Gasteiger partial charge is 0.495 e. The highest BCUT2D eigenvalue weighted by atomic mass is 16.5. The number of nitrogens with one attached hydrogen (secondary N) is 2. The van der Waals surface area contributed by atoms with E-state index in [0.717, 1.165) is 13.1 Å². The summed E-state index contributed by atoms with van der Waals surface area (Å²) in [5.41, 5.74) is 0.684. The Balaban J connectivity index is 1.94. The Morgan fingerprint density at radius 1 is 1.27 bits per heavy atom. The van der Waals surface area contributed by atoms with Crippen LogP contribution in [0.25, 0.3) is 0 Å². The number of amides is 2. The predicted molar refractivity (Wildman–Crippen MR) is 84.0 cm³/mol. The topological polar surface area (TPSA) is 63.1 Å². The lowest BCUT2D eigenvalue weighted by atomic mass is 10.2. The van der Waals surface area contributed by atoms with E-state index in [9.17, 15) is 9.59 Å². The maximum atomic E-state index is 12.4.